The van der Waals surface area contributed by atoms with E-state index >= 15 is 0 Å². The van der Waals surface area contributed by atoms with Gasteiger partial charge in [0.1, 0.15) is 19.3 Å². The van der Waals surface area contributed by atoms with Crippen molar-refractivity contribution in [2.24, 2.45) is 5.92 Å². The molecular formula is C25H30Cl2N2O4. The van der Waals surface area contributed by atoms with Gasteiger partial charge in [0.15, 0.2) is 11.5 Å². The number of nitrogens with one attached hydrogen (secondary N) is 1. The molecule has 0 saturated carbocycles. The van der Waals surface area contributed by atoms with Gasteiger partial charge < -0.3 is 19.7 Å². The number of carbonyl (C=O) groups excluding carboxylic acids is 2. The van der Waals surface area contributed by atoms with E-state index in [-0.39, 0.29) is 24.8 Å². The summed E-state index contributed by atoms with van der Waals surface area (Å²) in [6.07, 6.45) is 0.774. The van der Waals surface area contributed by atoms with Crippen molar-refractivity contribution in [2.75, 3.05) is 19.8 Å². The van der Waals surface area contributed by atoms with Crippen molar-refractivity contribution in [1.29, 1.82) is 0 Å². The number of nitrogens with zero attached hydrogens (tertiary/aromatic N) is 1. The second-order valence-electron chi connectivity index (χ2n) is 8.56. The second kappa shape index (κ2) is 11.6. The maximum absolute atomic E-state index is 13.3. The van der Waals surface area contributed by atoms with Crippen LogP contribution in [0.1, 0.15) is 38.3 Å². The molecule has 2 aromatic carbocycles. The summed E-state index contributed by atoms with van der Waals surface area (Å²) >= 11 is 12.2. The van der Waals surface area contributed by atoms with Crippen LogP contribution < -0.4 is 14.8 Å². The van der Waals surface area contributed by atoms with Gasteiger partial charge in [0.2, 0.25) is 11.8 Å². The third-order valence-electron chi connectivity index (χ3n) is 5.42. The molecule has 0 saturated heterocycles. The Labute approximate surface area is 205 Å². The van der Waals surface area contributed by atoms with E-state index in [9.17, 15) is 9.59 Å². The van der Waals surface area contributed by atoms with Crippen molar-refractivity contribution in [3.8, 4) is 11.5 Å². The highest BCUT2D eigenvalue weighted by atomic mass is 35.5. The lowest BCUT2D eigenvalue weighted by Gasteiger charge is -2.29. The zero-order valence-electron chi connectivity index (χ0n) is 19.2. The van der Waals surface area contributed by atoms with Gasteiger partial charge in [-0.2, -0.15) is 0 Å². The van der Waals surface area contributed by atoms with Gasteiger partial charge >= 0.3 is 0 Å². The number of carbonyl (C=O) groups is 2. The maximum atomic E-state index is 13.3. The molecule has 1 aliphatic rings. The quantitative estimate of drug-likeness (QED) is 0.541. The van der Waals surface area contributed by atoms with E-state index in [0.29, 0.717) is 53.6 Å². The number of aryl methyl sites for hydroxylation is 1. The Hall–Kier alpha value is -2.44. The van der Waals surface area contributed by atoms with Gasteiger partial charge in [0.05, 0.1) is 10.0 Å². The minimum Gasteiger partial charge on any atom is -0.486 e. The summed E-state index contributed by atoms with van der Waals surface area (Å²) < 4.78 is 11.2. The van der Waals surface area contributed by atoms with E-state index in [1.807, 2.05) is 38.1 Å². The third kappa shape index (κ3) is 7.02. The molecule has 1 heterocycles. The van der Waals surface area contributed by atoms with Gasteiger partial charge in [-0.1, -0.05) is 49.2 Å². The van der Waals surface area contributed by atoms with Gasteiger partial charge in [-0.25, -0.2) is 0 Å². The Kier molecular flexibility index (Phi) is 8.87. The Bertz CT molecular complexity index is 996. The summed E-state index contributed by atoms with van der Waals surface area (Å²) in [5, 5.41) is 3.78. The summed E-state index contributed by atoms with van der Waals surface area (Å²) in [6.45, 7) is 7.65. The molecule has 0 fully saturated rings. The summed E-state index contributed by atoms with van der Waals surface area (Å²) in [4.78, 5) is 27.6. The molecule has 6 nitrogen and oxygen atoms in total. The summed E-state index contributed by atoms with van der Waals surface area (Å²) in [6, 6.07) is 10.3. The molecule has 0 spiro atoms. The van der Waals surface area contributed by atoms with Crippen molar-refractivity contribution >= 4 is 35.0 Å². The molecule has 2 aromatic rings. The fourth-order valence-corrected chi connectivity index (χ4v) is 3.83. The molecule has 1 atom stereocenters. The minimum atomic E-state index is -0.633. The van der Waals surface area contributed by atoms with Crippen molar-refractivity contribution < 1.29 is 19.1 Å². The van der Waals surface area contributed by atoms with E-state index in [0.717, 1.165) is 11.1 Å². The summed E-state index contributed by atoms with van der Waals surface area (Å²) in [5.41, 5.74) is 1.78. The molecule has 2 amide bonds. The monoisotopic (exact) mass is 492 g/mol. The number of ether oxygens (including phenoxy) is 2. The molecule has 1 N–H and O–H groups in total. The predicted octanol–water partition coefficient (Wildman–Crippen LogP) is 4.89. The van der Waals surface area contributed by atoms with Crippen LogP contribution in [-0.2, 0) is 22.6 Å². The minimum absolute atomic E-state index is 0.122. The van der Waals surface area contributed by atoms with Crippen LogP contribution in [0.3, 0.4) is 0 Å². The van der Waals surface area contributed by atoms with Gasteiger partial charge in [-0.05, 0) is 54.7 Å². The predicted molar refractivity (Wildman–Crippen MR) is 130 cm³/mol. The van der Waals surface area contributed by atoms with Gasteiger partial charge in [0, 0.05) is 19.5 Å². The van der Waals surface area contributed by atoms with Gasteiger partial charge in [-0.3, -0.25) is 9.59 Å². The van der Waals surface area contributed by atoms with Crippen LogP contribution in [0.4, 0.5) is 0 Å². The fraction of sp³-hybridized carbons (Fsp3) is 0.440. The molecule has 0 radical (unpaired) electrons. The largest absolute Gasteiger partial charge is 0.486 e. The van der Waals surface area contributed by atoms with E-state index in [1.165, 1.54) is 0 Å². The third-order valence-corrected chi connectivity index (χ3v) is 6.16. The van der Waals surface area contributed by atoms with Crippen molar-refractivity contribution in [2.45, 2.75) is 46.2 Å². The Morgan fingerprint density at radius 1 is 0.970 bits per heavy atom. The van der Waals surface area contributed by atoms with E-state index in [2.05, 4.69) is 5.32 Å². The van der Waals surface area contributed by atoms with Crippen molar-refractivity contribution in [3.05, 3.63) is 57.6 Å². The average molecular weight is 493 g/mol. The highest BCUT2D eigenvalue weighted by Crippen LogP contribution is 2.31. The number of hydrogen-bond acceptors (Lipinski definition) is 4. The topological polar surface area (TPSA) is 67.9 Å². The van der Waals surface area contributed by atoms with E-state index in [1.54, 1.807) is 24.0 Å². The smallest absolute Gasteiger partial charge is 0.242 e. The van der Waals surface area contributed by atoms with Crippen LogP contribution in [-0.4, -0.2) is 42.5 Å². The fourth-order valence-electron chi connectivity index (χ4n) is 3.51. The molecule has 3 rings (SSSR count). The van der Waals surface area contributed by atoms with Crippen LogP contribution in [0.15, 0.2) is 36.4 Å². The first-order chi connectivity index (χ1) is 15.7. The number of benzene rings is 2. The molecule has 1 aliphatic heterocycles. The summed E-state index contributed by atoms with van der Waals surface area (Å²) in [5.74, 6) is 1.42. The zero-order chi connectivity index (χ0) is 24.0. The molecular weight excluding hydrogens is 463 g/mol. The van der Waals surface area contributed by atoms with Crippen LogP contribution in [0.5, 0.6) is 11.5 Å². The van der Waals surface area contributed by atoms with Crippen molar-refractivity contribution in [3.63, 3.8) is 0 Å². The summed E-state index contributed by atoms with van der Waals surface area (Å²) in [7, 11) is 0. The standard InChI is InChI=1S/C25H30Cl2N2O4/c1-16(2)14-28-25(31)17(3)29(15-19-4-7-20(26)21(27)12-19)24(30)9-6-18-5-8-22-23(13-18)33-11-10-32-22/h4-5,7-8,12-13,16-17H,6,9-11,14-15H2,1-3H3,(H,28,31)/t17-/m1/s1. The molecule has 0 unspecified atom stereocenters. The van der Waals surface area contributed by atoms with E-state index < -0.39 is 6.04 Å². The average Bonchev–Trinajstić information content (AvgIpc) is 2.81. The van der Waals surface area contributed by atoms with Crippen molar-refractivity contribution in [1.82, 2.24) is 10.2 Å². The van der Waals surface area contributed by atoms with Crippen LogP contribution in [0.25, 0.3) is 0 Å². The molecule has 178 valence electrons. The van der Waals surface area contributed by atoms with Gasteiger partial charge in [-0.15, -0.1) is 0 Å². The normalized spacial score (nSPS) is 13.5. The molecule has 0 bridgehead atoms. The number of hydrogen-bond donors (Lipinski definition) is 1. The highest BCUT2D eigenvalue weighted by Gasteiger charge is 2.26. The first kappa shape index (κ1) is 25.2. The van der Waals surface area contributed by atoms with Crippen LogP contribution in [0.2, 0.25) is 10.0 Å². The van der Waals surface area contributed by atoms with Gasteiger partial charge in [0.25, 0.3) is 0 Å². The lowest BCUT2D eigenvalue weighted by atomic mass is 10.1. The Morgan fingerprint density at radius 3 is 2.36 bits per heavy atom. The Morgan fingerprint density at radius 2 is 1.67 bits per heavy atom. The second-order valence-corrected chi connectivity index (χ2v) is 9.38. The molecule has 0 aliphatic carbocycles. The first-order valence-corrected chi connectivity index (χ1v) is 11.9. The zero-order valence-corrected chi connectivity index (χ0v) is 20.7. The molecule has 33 heavy (non-hydrogen) atoms. The SMILES string of the molecule is CC(C)CNC(=O)[C@@H](C)N(Cc1ccc(Cl)c(Cl)c1)C(=O)CCc1ccc2c(c1)OCCO2. The Balaban J connectivity index is 1.73. The maximum Gasteiger partial charge on any atom is 0.242 e. The molecule has 8 heteroatoms. The van der Waals surface area contributed by atoms with Crippen LogP contribution >= 0.6 is 23.2 Å². The molecule has 0 aromatic heterocycles. The number of amides is 2. The van der Waals surface area contributed by atoms with Crippen LogP contribution in [0, 0.1) is 5.92 Å². The highest BCUT2D eigenvalue weighted by molar-refractivity contribution is 6.42. The lowest BCUT2D eigenvalue weighted by molar-refractivity contribution is -0.140. The first-order valence-electron chi connectivity index (χ1n) is 11.1. The number of rotatable bonds is 9. The lowest BCUT2D eigenvalue weighted by Crippen LogP contribution is -2.48. The number of fused-ring (bicyclic) bond motifs is 1. The van der Waals surface area contributed by atoms with E-state index in [4.69, 9.17) is 32.7 Å². The number of halogens is 2.